The summed E-state index contributed by atoms with van der Waals surface area (Å²) in [6.07, 6.45) is 35.6. The van der Waals surface area contributed by atoms with Crippen LogP contribution in [-0.4, -0.2) is 215 Å². The van der Waals surface area contributed by atoms with Crippen LogP contribution in [0.5, 0.6) is 0 Å². The molecule has 5 aliphatic heterocycles. The van der Waals surface area contributed by atoms with Gasteiger partial charge in [0.2, 0.25) is 0 Å². The van der Waals surface area contributed by atoms with E-state index < -0.39 is 0 Å². The van der Waals surface area contributed by atoms with Crippen LogP contribution in [-0.2, 0) is 45.1 Å². The summed E-state index contributed by atoms with van der Waals surface area (Å²) in [5.74, 6) is 3.20. The van der Waals surface area contributed by atoms with Crippen LogP contribution in [0.4, 0.5) is 0 Å². The van der Waals surface area contributed by atoms with Gasteiger partial charge in [-0.05, 0) is 348 Å². The molecule has 0 amide bonds. The summed E-state index contributed by atoms with van der Waals surface area (Å²) in [5, 5.41) is 57.2. The molecule has 0 saturated carbocycles. The van der Waals surface area contributed by atoms with Gasteiger partial charge in [-0.1, -0.05) is 123 Å². The number of aromatic nitrogens is 6. The molecule has 0 aliphatic carbocycles. The van der Waals surface area contributed by atoms with Gasteiger partial charge in [0.1, 0.15) is 17.4 Å². The van der Waals surface area contributed by atoms with Crippen LogP contribution >= 0.6 is 45.3 Å². The molecule has 12 aromatic heterocycles. The number of rotatable bonds is 26. The summed E-state index contributed by atoms with van der Waals surface area (Å²) in [5.41, 5.74) is 35.9. The van der Waals surface area contributed by atoms with Gasteiger partial charge in [-0.2, -0.15) is 0 Å². The van der Waals surface area contributed by atoms with E-state index in [4.69, 9.17) is 41.6 Å². The zero-order valence-electron chi connectivity index (χ0n) is 83.0. The zero-order valence-corrected chi connectivity index (χ0v) is 86.2. The molecule has 17 heterocycles. The first-order chi connectivity index (χ1) is 69.6. The zero-order chi connectivity index (χ0) is 98.8. The van der Waals surface area contributed by atoms with Gasteiger partial charge in [0.05, 0.1) is 52.5 Å². The first-order valence-electron chi connectivity index (χ1n) is 49.8. The second-order valence-corrected chi connectivity index (χ2v) is 42.8. The van der Waals surface area contributed by atoms with Crippen LogP contribution in [0, 0.1) is 27.0 Å². The third kappa shape index (κ3) is 29.3. The van der Waals surface area contributed by atoms with Crippen LogP contribution in [0.25, 0.3) is 82.1 Å². The molecular weight excluding hydrogens is 1920 g/mol. The monoisotopic (exact) mass is 2070 g/mol. The Kier molecular flexibility index (Phi) is 41.7. The molecule has 2 saturated heterocycles. The lowest BCUT2D eigenvalue weighted by atomic mass is 9.89. The number of piperidine rings is 2. The maximum atomic E-state index is 8.32. The molecular formula is C124H155N19O2S4. The minimum Gasteiger partial charge on any atom is -0.463 e. The molecule has 21 nitrogen and oxygen atoms in total. The van der Waals surface area contributed by atoms with Gasteiger partial charge in [0, 0.05) is 212 Å². The quantitative estimate of drug-likeness (QED) is 0.0181. The van der Waals surface area contributed by atoms with E-state index in [0.29, 0.717) is 96.4 Å². The molecule has 6 aromatic carbocycles. The highest BCUT2D eigenvalue weighted by atomic mass is 32.1. The summed E-state index contributed by atoms with van der Waals surface area (Å²) in [4.78, 5) is 43.2. The van der Waals surface area contributed by atoms with E-state index in [0.717, 1.165) is 108 Å². The molecule has 782 valence electrons. The lowest BCUT2D eigenvalue weighted by Gasteiger charge is -2.28. The lowest BCUT2D eigenvalue weighted by Crippen LogP contribution is -2.29. The molecule has 23 rings (SSSR count). The van der Waals surface area contributed by atoms with Gasteiger partial charge in [-0.3, -0.25) is 4.99 Å². The third-order valence-electron chi connectivity index (χ3n) is 28.2. The standard InChI is InChI=1S/C20H22N4S.C20H23N3O.C20H21N3O.C20H23N3S.C20H21N3S.C18H21N3S.6CH4/c1-24-8-6-15(7-9-24)17-13-22-18-5-4-14(11-16(17)18)12-23-20(21)19-3-2-10-25-19;4*1-23-8-6-15(7-9-23)17-13-22-19-5-4-14(11-16(17)19)12-18(21)20-3-2-10-24-20;1-21(2)8-7-14-12-20-17-6-5-13(10-15(14)17)11-16(19)18-4-3-9-22-18;;;;;;/h2-6,10-11,13,22H,7-9,12H2,1H3,(H2,21,23);2-5,10-11,13,15,21-22H,6-9,12H2,1H3;2-6,10-11,13,21-22H,7-9,12H2,1H3;2-5,10-11,13,15,21-22H,6-9,12H2,1H3;2-6,10-11,13,21-22H,7-9,12H2,1H3;3-6,9-10,12,19-20H,7-8,11H2,1-2H3;6*1H4. The van der Waals surface area contributed by atoms with Gasteiger partial charge in [-0.25, -0.2) is 0 Å². The Hall–Kier alpha value is -13.3. The van der Waals surface area contributed by atoms with E-state index in [-0.39, 0.29) is 44.6 Å². The van der Waals surface area contributed by atoms with E-state index in [1.165, 1.54) is 184 Å². The van der Waals surface area contributed by atoms with Crippen molar-refractivity contribution in [3.05, 3.63) is 369 Å². The predicted molar refractivity (Wildman–Crippen MR) is 643 cm³/mol. The minimum atomic E-state index is 0. The maximum Gasteiger partial charge on any atom is 0.147 e. The van der Waals surface area contributed by atoms with Gasteiger partial charge in [0.25, 0.3) is 0 Å². The molecule has 5 aliphatic rings. The fraction of sp³-hybridized carbons (Fsp3) is 0.323. The maximum absolute atomic E-state index is 8.32. The number of thiophene rings is 4. The smallest absolute Gasteiger partial charge is 0.147 e. The summed E-state index contributed by atoms with van der Waals surface area (Å²) in [6.45, 7) is 12.7. The molecule has 0 spiro atoms. The van der Waals surface area contributed by atoms with Gasteiger partial charge in [0.15, 0.2) is 0 Å². The largest absolute Gasteiger partial charge is 0.463 e. The molecule has 0 bridgehead atoms. The van der Waals surface area contributed by atoms with E-state index >= 15 is 0 Å². The Morgan fingerprint density at radius 3 is 0.993 bits per heavy atom. The van der Waals surface area contributed by atoms with Gasteiger partial charge < -0.3 is 101 Å². The average molecular weight is 2070 g/mol. The molecule has 18 aromatic rings. The number of aliphatic imine (C=N–C) groups is 1. The SMILES string of the molecule is C.C.C.C.C.C.CN(C)CCc1c[nH]c2ccc(CC(=N)c3cccs3)cc12.CN1CC=C(c2c[nH]c3ccc(CC(=N)c4ccco4)cc23)CC1.CN1CC=C(c2c[nH]c3ccc(CC(=N)c4cccs4)cc23)CC1.CN1CC=C(c2c[nH]c3ccc(CN=C(N)c4cccs4)cc23)CC1.CN1CCC(c2c[nH]c3ccc(CC(=N)c4ccco4)cc23)CC1.CN1CCC(c2c[nH]c3ccc(CC(=N)c4cccs4)cc23)CC1. The molecule has 0 unspecified atom stereocenters. The Labute approximate surface area is 898 Å². The summed E-state index contributed by atoms with van der Waals surface area (Å²) in [6, 6.07) is 62.5. The number of nitrogens with one attached hydrogen (secondary N) is 11. The van der Waals surface area contributed by atoms with Crippen molar-refractivity contribution in [1.29, 1.82) is 27.0 Å². The Bertz CT molecular complexity index is 7180. The second kappa shape index (κ2) is 54.3. The summed E-state index contributed by atoms with van der Waals surface area (Å²) in [7, 11) is 15.1. The first kappa shape index (κ1) is 114. The number of furan rings is 2. The highest BCUT2D eigenvalue weighted by Gasteiger charge is 2.26. The fourth-order valence-electron chi connectivity index (χ4n) is 19.9. The van der Waals surface area contributed by atoms with Crippen molar-refractivity contribution in [3.63, 3.8) is 0 Å². The molecule has 0 atom stereocenters. The number of nitrogens with two attached hydrogens (primary N) is 1. The predicted octanol–water partition coefficient (Wildman–Crippen LogP) is 29.1. The Morgan fingerprint density at radius 2 is 0.664 bits per heavy atom. The van der Waals surface area contributed by atoms with Gasteiger partial charge >= 0.3 is 0 Å². The van der Waals surface area contributed by atoms with Crippen LogP contribution < -0.4 is 5.73 Å². The third-order valence-corrected chi connectivity index (χ3v) is 31.9. The minimum absolute atomic E-state index is 0. The van der Waals surface area contributed by atoms with E-state index in [9.17, 15) is 0 Å². The number of hydrogen-bond acceptors (Lipinski definition) is 18. The van der Waals surface area contributed by atoms with E-state index in [1.807, 2.05) is 94.3 Å². The van der Waals surface area contributed by atoms with Gasteiger partial charge in [-0.15, -0.1) is 45.3 Å². The van der Waals surface area contributed by atoms with Crippen LogP contribution in [0.2, 0.25) is 0 Å². The molecule has 0 radical (unpaired) electrons. The first-order valence-corrected chi connectivity index (χ1v) is 53.3. The van der Waals surface area contributed by atoms with Crippen molar-refractivity contribution in [1.82, 2.24) is 59.3 Å². The Balaban J connectivity index is 0.000000157. The van der Waals surface area contributed by atoms with Crippen molar-refractivity contribution >= 4 is 162 Å². The van der Waals surface area contributed by atoms with Crippen LogP contribution in [0.1, 0.15) is 199 Å². The highest BCUT2D eigenvalue weighted by Crippen LogP contribution is 2.39. The van der Waals surface area contributed by atoms with Crippen molar-refractivity contribution in [2.45, 2.75) is 146 Å². The lowest BCUT2D eigenvalue weighted by molar-refractivity contribution is 0.256. The number of amidine groups is 1. The number of likely N-dealkylation sites (tertiary alicyclic amines) is 2. The topological polar surface area (TPSA) is 298 Å². The number of aromatic amines is 6. The molecule has 149 heavy (non-hydrogen) atoms. The van der Waals surface area contributed by atoms with E-state index in [1.54, 1.807) is 57.9 Å². The highest BCUT2D eigenvalue weighted by molar-refractivity contribution is 7.13. The summed E-state index contributed by atoms with van der Waals surface area (Å²) < 4.78 is 10.7. The number of nitrogens with zero attached hydrogens (tertiary/aromatic N) is 7. The van der Waals surface area contributed by atoms with E-state index in [2.05, 4.69) is 278 Å². The van der Waals surface area contributed by atoms with Crippen molar-refractivity contribution < 1.29 is 8.83 Å². The average Bonchev–Trinajstić information content (AvgIpc) is 1.67. The fourth-order valence-corrected chi connectivity index (χ4v) is 22.5. The number of H-pyrrole nitrogens is 6. The van der Waals surface area contributed by atoms with Crippen molar-refractivity contribution in [2.24, 2.45) is 10.7 Å². The summed E-state index contributed by atoms with van der Waals surface area (Å²) >= 11 is 6.54. The second-order valence-electron chi connectivity index (χ2n) is 39.0. The molecule has 25 heteroatoms. The van der Waals surface area contributed by atoms with Crippen LogP contribution in [0.15, 0.2) is 285 Å². The Morgan fingerprint density at radius 1 is 0.356 bits per heavy atom. The number of hydrogen-bond donors (Lipinski definition) is 12. The number of benzene rings is 6. The number of fused-ring (bicyclic) bond motifs is 6. The van der Waals surface area contributed by atoms with Crippen molar-refractivity contribution in [3.8, 4) is 0 Å². The van der Waals surface area contributed by atoms with Crippen LogP contribution in [0.3, 0.4) is 0 Å². The molecule has 13 N–H and O–H groups in total. The molecule has 2 fully saturated rings. The normalized spacial score (nSPS) is 14.8. The number of likely N-dealkylation sites (N-methyl/N-ethyl adjacent to an activating group) is 4. The van der Waals surface area contributed by atoms with Crippen molar-refractivity contribution in [2.75, 3.05) is 121 Å².